The lowest BCUT2D eigenvalue weighted by molar-refractivity contribution is -0.137. The molecule has 0 aliphatic heterocycles. The predicted molar refractivity (Wildman–Crippen MR) is 106 cm³/mol. The van der Waals surface area contributed by atoms with Crippen molar-refractivity contribution in [3.8, 4) is 0 Å². The van der Waals surface area contributed by atoms with Crippen molar-refractivity contribution in [2.24, 2.45) is 5.84 Å². The number of nitrogens with zero attached hydrogens (tertiary/aromatic N) is 5. The second-order valence-corrected chi connectivity index (χ2v) is 7.04. The number of pyridine rings is 2. The maximum atomic E-state index is 12.9. The number of H-pyrrole nitrogens is 1. The van der Waals surface area contributed by atoms with Gasteiger partial charge in [0, 0.05) is 28.7 Å². The Bertz CT molecular complexity index is 1450. The van der Waals surface area contributed by atoms with Gasteiger partial charge in [0.15, 0.2) is 0 Å². The lowest BCUT2D eigenvalue weighted by atomic mass is 10.1. The van der Waals surface area contributed by atoms with Crippen molar-refractivity contribution in [2.45, 2.75) is 12.7 Å². The van der Waals surface area contributed by atoms with Gasteiger partial charge in [0.25, 0.3) is 5.91 Å². The van der Waals surface area contributed by atoms with Crippen LogP contribution in [0.5, 0.6) is 0 Å². The van der Waals surface area contributed by atoms with Gasteiger partial charge in [-0.05, 0) is 36.4 Å². The van der Waals surface area contributed by atoms with Gasteiger partial charge in [-0.1, -0.05) is 0 Å². The number of halogens is 3. The average molecular weight is 425 g/mol. The second kappa shape index (κ2) is 6.77. The topological polar surface area (TPSA) is 105 Å². The fourth-order valence-electron chi connectivity index (χ4n) is 3.44. The third-order valence-electron chi connectivity index (χ3n) is 4.96. The summed E-state index contributed by atoms with van der Waals surface area (Å²) in [6, 6.07) is 8.38. The Kier molecular flexibility index (Phi) is 4.15. The number of benzene rings is 1. The van der Waals surface area contributed by atoms with E-state index in [1.165, 1.54) is 16.8 Å². The number of hydrazine groups is 1. The lowest BCUT2D eigenvalue weighted by Crippen LogP contribution is -2.36. The normalized spacial score (nSPS) is 12.1. The highest BCUT2D eigenvalue weighted by atomic mass is 19.4. The number of rotatable bonds is 3. The number of nitrogens with one attached hydrogen (secondary N) is 1. The summed E-state index contributed by atoms with van der Waals surface area (Å²) >= 11 is 0. The van der Waals surface area contributed by atoms with Gasteiger partial charge in [-0.3, -0.25) is 19.9 Å². The van der Waals surface area contributed by atoms with E-state index in [1.807, 2.05) is 0 Å². The van der Waals surface area contributed by atoms with Gasteiger partial charge >= 0.3 is 6.18 Å². The van der Waals surface area contributed by atoms with Gasteiger partial charge in [-0.25, -0.2) is 10.4 Å². The number of nitrogens with two attached hydrogens (primary N) is 1. The Balaban J connectivity index is 1.42. The van der Waals surface area contributed by atoms with E-state index in [-0.39, 0.29) is 12.1 Å². The van der Waals surface area contributed by atoms with Gasteiger partial charge in [-0.15, -0.1) is 0 Å². The molecule has 4 aromatic heterocycles. The number of carbonyl (C=O) groups is 1. The summed E-state index contributed by atoms with van der Waals surface area (Å²) in [4.78, 5) is 17.2. The molecule has 0 saturated heterocycles. The predicted octanol–water partition coefficient (Wildman–Crippen LogP) is 3.29. The minimum atomic E-state index is -4.45. The van der Waals surface area contributed by atoms with Gasteiger partial charge in [0.05, 0.1) is 40.5 Å². The van der Waals surface area contributed by atoms with Gasteiger partial charge in [0.1, 0.15) is 0 Å². The molecule has 3 N–H and O–H groups in total. The summed E-state index contributed by atoms with van der Waals surface area (Å²) in [7, 11) is 0. The Labute approximate surface area is 172 Å². The third-order valence-corrected chi connectivity index (χ3v) is 4.96. The molecule has 0 atom stereocenters. The molecule has 0 aliphatic rings. The smallest absolute Gasteiger partial charge is 0.277 e. The van der Waals surface area contributed by atoms with Crippen molar-refractivity contribution >= 4 is 33.2 Å². The monoisotopic (exact) mass is 425 g/mol. The molecule has 31 heavy (non-hydrogen) atoms. The Morgan fingerprint density at radius 1 is 1.16 bits per heavy atom. The first-order valence-corrected chi connectivity index (χ1v) is 9.13. The largest absolute Gasteiger partial charge is 0.416 e. The molecule has 0 bridgehead atoms. The average Bonchev–Trinajstić information content (AvgIpc) is 3.37. The van der Waals surface area contributed by atoms with E-state index in [4.69, 9.17) is 5.84 Å². The SMILES string of the molecule is NN(Cc1cc2cc(C(F)(F)F)ccn2n1)C(=O)c1ccc2ncc3cn[nH]c3c2c1. The van der Waals surface area contributed by atoms with Crippen LogP contribution in [0.1, 0.15) is 21.6 Å². The third kappa shape index (κ3) is 3.34. The van der Waals surface area contributed by atoms with E-state index in [1.54, 1.807) is 30.6 Å². The van der Waals surface area contributed by atoms with Crippen molar-refractivity contribution in [1.29, 1.82) is 0 Å². The van der Waals surface area contributed by atoms with Crippen LogP contribution < -0.4 is 5.84 Å². The zero-order valence-corrected chi connectivity index (χ0v) is 15.8. The molecule has 156 valence electrons. The minimum Gasteiger partial charge on any atom is -0.277 e. The molecule has 8 nitrogen and oxygen atoms in total. The molecule has 11 heteroatoms. The molecule has 0 saturated carbocycles. The maximum Gasteiger partial charge on any atom is 0.416 e. The van der Waals surface area contributed by atoms with Crippen LogP contribution in [0.2, 0.25) is 0 Å². The van der Waals surface area contributed by atoms with Crippen LogP contribution in [0.25, 0.3) is 27.3 Å². The molecule has 0 spiro atoms. The molecular weight excluding hydrogens is 411 g/mol. The van der Waals surface area contributed by atoms with E-state index >= 15 is 0 Å². The van der Waals surface area contributed by atoms with E-state index in [2.05, 4.69) is 20.3 Å². The molecule has 0 aliphatic carbocycles. The number of fused-ring (bicyclic) bond motifs is 4. The summed E-state index contributed by atoms with van der Waals surface area (Å²) in [5, 5.41) is 13.6. The van der Waals surface area contributed by atoms with Gasteiger partial charge < -0.3 is 0 Å². The number of amides is 1. The summed E-state index contributed by atoms with van der Waals surface area (Å²) in [6.45, 7) is -0.0770. The van der Waals surface area contributed by atoms with Crippen LogP contribution in [-0.4, -0.2) is 35.7 Å². The highest BCUT2D eigenvalue weighted by Crippen LogP contribution is 2.30. The van der Waals surface area contributed by atoms with Crippen molar-refractivity contribution in [3.63, 3.8) is 0 Å². The molecule has 5 aromatic rings. The Morgan fingerprint density at radius 3 is 2.81 bits per heavy atom. The van der Waals surface area contributed by atoms with Crippen LogP contribution in [0.3, 0.4) is 0 Å². The first-order chi connectivity index (χ1) is 14.8. The fraction of sp³-hybridized carbons (Fsp3) is 0.100. The van der Waals surface area contributed by atoms with E-state index < -0.39 is 17.6 Å². The highest BCUT2D eigenvalue weighted by molar-refractivity contribution is 6.06. The molecule has 1 aromatic carbocycles. The Morgan fingerprint density at radius 2 is 2.00 bits per heavy atom. The van der Waals surface area contributed by atoms with E-state index in [0.29, 0.717) is 16.8 Å². The van der Waals surface area contributed by atoms with Crippen LogP contribution in [0.15, 0.2) is 55.0 Å². The molecule has 0 unspecified atom stereocenters. The van der Waals surface area contributed by atoms with Crippen molar-refractivity contribution in [2.75, 3.05) is 0 Å². The molecular formula is C20H14F3N7O. The van der Waals surface area contributed by atoms with Crippen LogP contribution in [-0.2, 0) is 12.7 Å². The quantitative estimate of drug-likeness (QED) is 0.262. The zero-order chi connectivity index (χ0) is 21.8. The van der Waals surface area contributed by atoms with Gasteiger partial charge in [-0.2, -0.15) is 23.4 Å². The summed E-state index contributed by atoms with van der Waals surface area (Å²) in [6.07, 6.45) is 0.0913. The van der Waals surface area contributed by atoms with Crippen LogP contribution >= 0.6 is 0 Å². The number of hydrogen-bond acceptors (Lipinski definition) is 5. The number of aromatic amines is 1. The number of alkyl halides is 3. The Hall–Kier alpha value is -3.99. The summed E-state index contributed by atoms with van der Waals surface area (Å²) < 4.78 is 40.0. The zero-order valence-electron chi connectivity index (χ0n) is 15.8. The lowest BCUT2D eigenvalue weighted by Gasteiger charge is -2.15. The van der Waals surface area contributed by atoms with Crippen molar-refractivity contribution < 1.29 is 18.0 Å². The van der Waals surface area contributed by atoms with E-state index in [0.717, 1.165) is 33.4 Å². The standard InChI is InChI=1S/C20H14F3N7O/c21-20(22,23)13-3-4-30-15(6-13)7-14(28-30)10-29(24)19(31)11-1-2-17-16(5-11)18-12(8-25-17)9-26-27-18/h1-9H,10,24H2,(H,26,27). The maximum absolute atomic E-state index is 12.9. The molecule has 0 radical (unpaired) electrons. The molecule has 5 rings (SSSR count). The van der Waals surface area contributed by atoms with Crippen molar-refractivity contribution in [1.82, 2.24) is 29.8 Å². The van der Waals surface area contributed by atoms with Crippen LogP contribution in [0.4, 0.5) is 13.2 Å². The summed E-state index contributed by atoms with van der Waals surface area (Å²) in [5.74, 6) is 5.49. The first-order valence-electron chi connectivity index (χ1n) is 9.13. The van der Waals surface area contributed by atoms with Gasteiger partial charge in [0.2, 0.25) is 0 Å². The highest BCUT2D eigenvalue weighted by Gasteiger charge is 2.30. The van der Waals surface area contributed by atoms with E-state index in [9.17, 15) is 18.0 Å². The molecule has 1 amide bonds. The minimum absolute atomic E-state index is 0.0770. The number of hydrogen-bond donors (Lipinski definition) is 2. The number of aromatic nitrogens is 5. The molecule has 0 fully saturated rings. The van der Waals surface area contributed by atoms with Crippen molar-refractivity contribution in [3.05, 3.63) is 71.8 Å². The fourth-order valence-corrected chi connectivity index (χ4v) is 3.44. The first kappa shape index (κ1) is 19.0. The van der Waals surface area contributed by atoms with Crippen LogP contribution in [0, 0.1) is 0 Å². The molecule has 4 heterocycles. The summed E-state index contributed by atoms with van der Waals surface area (Å²) in [5.41, 5.74) is 1.61. The number of carbonyl (C=O) groups excluding carboxylic acids is 1. The second-order valence-electron chi connectivity index (χ2n) is 7.04.